The second-order valence-electron chi connectivity index (χ2n) is 2.61. The van der Waals surface area contributed by atoms with E-state index in [0.717, 1.165) is 6.42 Å². The third kappa shape index (κ3) is 2.12. The van der Waals surface area contributed by atoms with Crippen molar-refractivity contribution in [2.45, 2.75) is 13.3 Å². The van der Waals surface area contributed by atoms with E-state index in [4.69, 9.17) is 9.47 Å². The first kappa shape index (κ1) is 8.84. The van der Waals surface area contributed by atoms with Crippen LogP contribution in [0.1, 0.15) is 13.3 Å². The average molecular weight is 167 g/mol. The number of ether oxygens (including phenoxy) is 2. The molecule has 66 valence electrons. The molecule has 0 atom stereocenters. The third-order valence-corrected chi connectivity index (χ3v) is 1.62. The summed E-state index contributed by atoms with van der Waals surface area (Å²) in [7, 11) is 3.21. The van der Waals surface area contributed by atoms with Crippen molar-refractivity contribution in [1.29, 1.82) is 0 Å². The predicted molar refractivity (Wildman–Crippen MR) is 47.9 cm³/mol. The van der Waals surface area contributed by atoms with Crippen molar-refractivity contribution in [3.8, 4) is 0 Å². The largest absolute Gasteiger partial charge is 0.484 e. The second kappa shape index (κ2) is 3.95. The molecule has 1 aliphatic heterocycles. The Labute approximate surface area is 72.4 Å². The Balaban J connectivity index is 2.87. The lowest BCUT2D eigenvalue weighted by Crippen LogP contribution is -2.01. The maximum atomic E-state index is 5.06. The molecule has 1 aliphatic rings. The lowest BCUT2D eigenvalue weighted by atomic mass is 10.2. The van der Waals surface area contributed by atoms with Gasteiger partial charge in [-0.15, -0.1) is 0 Å². The maximum Gasteiger partial charge on any atom is 0.215 e. The Morgan fingerprint density at radius 3 is 2.58 bits per heavy atom. The molecule has 0 aromatic rings. The second-order valence-corrected chi connectivity index (χ2v) is 2.61. The zero-order valence-corrected chi connectivity index (χ0v) is 7.63. The summed E-state index contributed by atoms with van der Waals surface area (Å²) in [5, 5.41) is 0. The molecule has 0 spiro atoms. The van der Waals surface area contributed by atoms with E-state index in [9.17, 15) is 0 Å². The molecule has 0 unspecified atom stereocenters. The minimum atomic E-state index is 0.587. The lowest BCUT2D eigenvalue weighted by molar-refractivity contribution is 0.284. The molecule has 0 aliphatic carbocycles. The van der Waals surface area contributed by atoms with Crippen LogP contribution >= 0.6 is 0 Å². The molecule has 0 amide bonds. The first-order chi connectivity index (χ1) is 5.76. The molecule has 0 bridgehead atoms. The summed E-state index contributed by atoms with van der Waals surface area (Å²) in [6.07, 6.45) is 4.57. The van der Waals surface area contributed by atoms with Gasteiger partial charge in [-0.3, -0.25) is 0 Å². The van der Waals surface area contributed by atoms with E-state index in [1.165, 1.54) is 5.57 Å². The summed E-state index contributed by atoms with van der Waals surface area (Å²) >= 11 is 0. The highest BCUT2D eigenvalue weighted by Crippen LogP contribution is 2.11. The number of hydrogen-bond acceptors (Lipinski definition) is 3. The number of hydrogen-bond donors (Lipinski definition) is 0. The molecule has 0 fully saturated rings. The van der Waals surface area contributed by atoms with Gasteiger partial charge in [-0.25, -0.2) is 0 Å². The van der Waals surface area contributed by atoms with Crippen LogP contribution in [0.15, 0.2) is 28.6 Å². The van der Waals surface area contributed by atoms with E-state index in [1.54, 1.807) is 14.2 Å². The third-order valence-electron chi connectivity index (χ3n) is 1.62. The van der Waals surface area contributed by atoms with E-state index < -0.39 is 0 Å². The van der Waals surface area contributed by atoms with E-state index in [-0.39, 0.29) is 0 Å². The molecule has 3 nitrogen and oxygen atoms in total. The highest BCUT2D eigenvalue weighted by Gasteiger charge is 2.05. The molecule has 0 saturated heterocycles. The first-order valence-corrected chi connectivity index (χ1v) is 3.79. The van der Waals surface area contributed by atoms with Crippen molar-refractivity contribution in [2.24, 2.45) is 4.99 Å². The van der Waals surface area contributed by atoms with Crippen molar-refractivity contribution in [3.05, 3.63) is 23.6 Å². The molecule has 0 aromatic heterocycles. The number of aliphatic imine (C=N–C) groups is 1. The van der Waals surface area contributed by atoms with Crippen molar-refractivity contribution in [1.82, 2.24) is 0 Å². The minimum absolute atomic E-state index is 0.587. The molecule has 0 saturated carbocycles. The fraction of sp³-hybridized carbons (Fsp3) is 0.444. The van der Waals surface area contributed by atoms with Gasteiger partial charge in [0.15, 0.2) is 5.90 Å². The number of nitrogens with zero attached hydrogens (tertiary/aromatic N) is 1. The van der Waals surface area contributed by atoms with Crippen LogP contribution in [0.2, 0.25) is 0 Å². The monoisotopic (exact) mass is 167 g/mol. The van der Waals surface area contributed by atoms with Gasteiger partial charge in [0.2, 0.25) is 5.88 Å². The van der Waals surface area contributed by atoms with Crippen LogP contribution < -0.4 is 0 Å². The van der Waals surface area contributed by atoms with Crippen LogP contribution in [0.3, 0.4) is 0 Å². The molecule has 0 radical (unpaired) electrons. The Kier molecular flexibility index (Phi) is 2.91. The number of rotatable bonds is 1. The first-order valence-electron chi connectivity index (χ1n) is 3.79. The van der Waals surface area contributed by atoms with Crippen LogP contribution in [-0.4, -0.2) is 20.1 Å². The summed E-state index contributed by atoms with van der Waals surface area (Å²) in [6.45, 7) is 2.03. The van der Waals surface area contributed by atoms with Gasteiger partial charge in [0.25, 0.3) is 0 Å². The van der Waals surface area contributed by atoms with Gasteiger partial charge in [-0.05, 0) is 6.92 Å². The van der Waals surface area contributed by atoms with Crippen LogP contribution in [-0.2, 0) is 9.47 Å². The highest BCUT2D eigenvalue weighted by atomic mass is 16.5. The fourth-order valence-corrected chi connectivity index (χ4v) is 0.942. The Bertz CT molecular complexity index is 251. The normalized spacial score (nSPS) is 17.1. The maximum absolute atomic E-state index is 5.06. The summed E-state index contributed by atoms with van der Waals surface area (Å²) in [4.78, 5) is 4.14. The van der Waals surface area contributed by atoms with E-state index >= 15 is 0 Å². The minimum Gasteiger partial charge on any atom is -0.484 e. The van der Waals surface area contributed by atoms with Gasteiger partial charge < -0.3 is 9.47 Å². The summed E-state index contributed by atoms with van der Waals surface area (Å²) in [5.74, 6) is 1.28. The number of methoxy groups -OCH3 is 2. The zero-order chi connectivity index (χ0) is 8.97. The fourth-order valence-electron chi connectivity index (χ4n) is 0.942. The molecule has 1 heterocycles. The van der Waals surface area contributed by atoms with E-state index in [0.29, 0.717) is 11.8 Å². The molecular formula is C9H13NO2. The Hall–Kier alpha value is -1.25. The summed E-state index contributed by atoms with van der Waals surface area (Å²) in [5.41, 5.74) is 1.21. The van der Waals surface area contributed by atoms with Crippen LogP contribution in [0.4, 0.5) is 0 Å². The molecule has 1 rings (SSSR count). The lowest BCUT2D eigenvalue weighted by Gasteiger charge is -2.03. The number of allylic oxidation sites excluding steroid dienone is 2. The van der Waals surface area contributed by atoms with Gasteiger partial charge in [0.1, 0.15) is 0 Å². The van der Waals surface area contributed by atoms with Gasteiger partial charge in [-0.2, -0.15) is 4.99 Å². The smallest absolute Gasteiger partial charge is 0.215 e. The molecular weight excluding hydrogens is 154 g/mol. The summed E-state index contributed by atoms with van der Waals surface area (Å²) in [6, 6.07) is 0. The topological polar surface area (TPSA) is 30.8 Å². The quantitative estimate of drug-likeness (QED) is 0.597. The SMILES string of the molecule is COC1=CC=C(C)CC(OC)=N1. The van der Waals surface area contributed by atoms with Crippen LogP contribution in [0.5, 0.6) is 0 Å². The highest BCUT2D eigenvalue weighted by molar-refractivity contribution is 5.79. The molecule has 0 N–H and O–H groups in total. The average Bonchev–Trinajstić information content (AvgIpc) is 2.26. The van der Waals surface area contributed by atoms with E-state index in [2.05, 4.69) is 4.99 Å². The van der Waals surface area contributed by atoms with Crippen molar-refractivity contribution >= 4 is 5.90 Å². The predicted octanol–water partition coefficient (Wildman–Crippen LogP) is 1.87. The Morgan fingerprint density at radius 2 is 2.00 bits per heavy atom. The molecule has 0 aromatic carbocycles. The van der Waals surface area contributed by atoms with Gasteiger partial charge in [-0.1, -0.05) is 11.6 Å². The van der Waals surface area contributed by atoms with Crippen molar-refractivity contribution < 1.29 is 9.47 Å². The Morgan fingerprint density at radius 1 is 1.25 bits per heavy atom. The van der Waals surface area contributed by atoms with Crippen molar-refractivity contribution in [3.63, 3.8) is 0 Å². The van der Waals surface area contributed by atoms with Crippen molar-refractivity contribution in [2.75, 3.05) is 14.2 Å². The summed E-state index contributed by atoms with van der Waals surface area (Å²) < 4.78 is 10.1. The zero-order valence-electron chi connectivity index (χ0n) is 7.63. The van der Waals surface area contributed by atoms with Gasteiger partial charge >= 0.3 is 0 Å². The molecule has 12 heavy (non-hydrogen) atoms. The molecule has 3 heteroatoms. The van der Waals surface area contributed by atoms with E-state index in [1.807, 2.05) is 19.1 Å². The van der Waals surface area contributed by atoms with Crippen LogP contribution in [0, 0.1) is 0 Å². The van der Waals surface area contributed by atoms with Gasteiger partial charge in [0.05, 0.1) is 14.2 Å². The standard InChI is InChI=1S/C9H13NO2/c1-7-4-5-8(11-2)10-9(6-7)12-3/h4-5H,6H2,1-3H3. The van der Waals surface area contributed by atoms with Gasteiger partial charge in [0, 0.05) is 12.5 Å². The van der Waals surface area contributed by atoms with Crippen LogP contribution in [0.25, 0.3) is 0 Å².